The number of nitrogen functional groups attached to an aromatic ring is 1. The van der Waals surface area contributed by atoms with Crippen molar-refractivity contribution in [3.8, 4) is 0 Å². The maximum absolute atomic E-state index is 6.09. The Hall–Kier alpha value is -1.65. The van der Waals surface area contributed by atoms with E-state index in [0.29, 0.717) is 10.8 Å². The SMILES string of the molecule is CCCNC(c1cc(C)nc(C)c1)c1cc(Cl)cnc1N. The Morgan fingerprint density at radius 2 is 1.90 bits per heavy atom. The highest BCUT2D eigenvalue weighted by Gasteiger charge is 2.18. The number of aryl methyl sites for hydroxylation is 2. The van der Waals surface area contributed by atoms with Gasteiger partial charge in [-0.2, -0.15) is 0 Å². The van der Waals surface area contributed by atoms with Crippen LogP contribution in [-0.2, 0) is 0 Å². The first-order chi connectivity index (χ1) is 10.0. The molecule has 2 heterocycles. The van der Waals surface area contributed by atoms with E-state index >= 15 is 0 Å². The second kappa shape index (κ2) is 6.87. The molecule has 0 spiro atoms. The first-order valence-corrected chi connectivity index (χ1v) is 7.48. The van der Waals surface area contributed by atoms with Crippen molar-refractivity contribution in [1.29, 1.82) is 0 Å². The molecule has 0 aromatic carbocycles. The normalized spacial score (nSPS) is 12.4. The van der Waals surface area contributed by atoms with E-state index in [1.165, 1.54) is 0 Å². The quantitative estimate of drug-likeness (QED) is 0.888. The molecule has 0 aliphatic carbocycles. The van der Waals surface area contributed by atoms with Crippen molar-refractivity contribution in [2.45, 2.75) is 33.2 Å². The van der Waals surface area contributed by atoms with E-state index < -0.39 is 0 Å². The highest BCUT2D eigenvalue weighted by molar-refractivity contribution is 6.30. The number of halogens is 1. The van der Waals surface area contributed by atoms with Crippen LogP contribution in [0.1, 0.15) is 41.9 Å². The third-order valence-electron chi connectivity index (χ3n) is 3.26. The fraction of sp³-hybridized carbons (Fsp3) is 0.375. The van der Waals surface area contributed by atoms with Gasteiger partial charge in [-0.25, -0.2) is 4.98 Å². The Labute approximate surface area is 130 Å². The van der Waals surface area contributed by atoms with Gasteiger partial charge in [0.05, 0.1) is 11.1 Å². The lowest BCUT2D eigenvalue weighted by Crippen LogP contribution is -2.24. The van der Waals surface area contributed by atoms with Crippen LogP contribution in [0.2, 0.25) is 5.02 Å². The summed E-state index contributed by atoms with van der Waals surface area (Å²) >= 11 is 6.09. The summed E-state index contributed by atoms with van der Waals surface area (Å²) in [6.07, 6.45) is 2.60. The largest absolute Gasteiger partial charge is 0.383 e. The Morgan fingerprint density at radius 1 is 1.24 bits per heavy atom. The maximum Gasteiger partial charge on any atom is 0.128 e. The van der Waals surface area contributed by atoms with Crippen molar-refractivity contribution in [2.24, 2.45) is 0 Å². The van der Waals surface area contributed by atoms with Gasteiger partial charge in [-0.3, -0.25) is 4.98 Å². The molecule has 5 heteroatoms. The lowest BCUT2D eigenvalue weighted by molar-refractivity contribution is 0.597. The molecule has 0 aliphatic heterocycles. The summed E-state index contributed by atoms with van der Waals surface area (Å²) in [5, 5.41) is 4.11. The Kier molecular flexibility index (Phi) is 5.15. The molecule has 2 rings (SSSR count). The number of rotatable bonds is 5. The summed E-state index contributed by atoms with van der Waals surface area (Å²) < 4.78 is 0. The van der Waals surface area contributed by atoms with Gasteiger partial charge in [0, 0.05) is 23.1 Å². The van der Waals surface area contributed by atoms with Gasteiger partial charge >= 0.3 is 0 Å². The monoisotopic (exact) mass is 304 g/mol. The minimum Gasteiger partial charge on any atom is -0.383 e. The van der Waals surface area contributed by atoms with E-state index in [9.17, 15) is 0 Å². The van der Waals surface area contributed by atoms with Crippen LogP contribution in [0.3, 0.4) is 0 Å². The van der Waals surface area contributed by atoms with Gasteiger partial charge < -0.3 is 11.1 Å². The fourth-order valence-electron chi connectivity index (χ4n) is 2.43. The van der Waals surface area contributed by atoms with Crippen LogP contribution >= 0.6 is 11.6 Å². The molecule has 1 atom stereocenters. The number of aromatic nitrogens is 2. The first-order valence-electron chi connectivity index (χ1n) is 7.10. The van der Waals surface area contributed by atoms with Crippen molar-refractivity contribution in [3.63, 3.8) is 0 Å². The number of hydrogen-bond acceptors (Lipinski definition) is 4. The van der Waals surface area contributed by atoms with E-state index in [1.807, 2.05) is 19.9 Å². The zero-order valence-corrected chi connectivity index (χ0v) is 13.4. The van der Waals surface area contributed by atoms with Gasteiger partial charge in [0.25, 0.3) is 0 Å². The van der Waals surface area contributed by atoms with E-state index in [-0.39, 0.29) is 6.04 Å². The third kappa shape index (κ3) is 3.93. The van der Waals surface area contributed by atoms with E-state index in [2.05, 4.69) is 34.3 Å². The second-order valence-electron chi connectivity index (χ2n) is 5.20. The summed E-state index contributed by atoms with van der Waals surface area (Å²) in [7, 11) is 0. The van der Waals surface area contributed by atoms with E-state index in [1.54, 1.807) is 6.20 Å². The van der Waals surface area contributed by atoms with Crippen molar-refractivity contribution < 1.29 is 0 Å². The number of nitrogens with one attached hydrogen (secondary N) is 1. The number of hydrogen-bond donors (Lipinski definition) is 2. The molecule has 0 saturated carbocycles. The minimum atomic E-state index is -0.0310. The van der Waals surface area contributed by atoms with Crippen LogP contribution in [0.4, 0.5) is 5.82 Å². The first kappa shape index (κ1) is 15.7. The van der Waals surface area contributed by atoms with E-state index in [4.69, 9.17) is 17.3 Å². The molecule has 0 radical (unpaired) electrons. The highest BCUT2D eigenvalue weighted by atomic mass is 35.5. The molecule has 4 nitrogen and oxygen atoms in total. The molecule has 0 fully saturated rings. The average Bonchev–Trinajstić information content (AvgIpc) is 2.42. The van der Waals surface area contributed by atoms with Gasteiger partial charge in [-0.1, -0.05) is 18.5 Å². The van der Waals surface area contributed by atoms with Crippen molar-refractivity contribution in [3.05, 3.63) is 51.9 Å². The van der Waals surface area contributed by atoms with Gasteiger partial charge in [0.2, 0.25) is 0 Å². The number of anilines is 1. The predicted octanol–water partition coefficient (Wildman–Crippen LogP) is 3.42. The number of pyridine rings is 2. The zero-order chi connectivity index (χ0) is 15.4. The van der Waals surface area contributed by atoms with Gasteiger partial charge in [0.1, 0.15) is 5.82 Å². The lowest BCUT2D eigenvalue weighted by Gasteiger charge is -2.21. The molecule has 2 aromatic rings. The van der Waals surface area contributed by atoms with Crippen LogP contribution in [-0.4, -0.2) is 16.5 Å². The molecule has 0 bridgehead atoms. The Morgan fingerprint density at radius 3 is 2.52 bits per heavy atom. The molecule has 112 valence electrons. The molecule has 1 unspecified atom stereocenters. The van der Waals surface area contributed by atoms with Crippen LogP contribution in [0.15, 0.2) is 24.4 Å². The molecule has 0 saturated heterocycles. The van der Waals surface area contributed by atoms with Crippen molar-refractivity contribution in [1.82, 2.24) is 15.3 Å². The molecule has 3 N–H and O–H groups in total. The average molecular weight is 305 g/mol. The van der Waals surface area contributed by atoms with Gasteiger partial charge in [0.15, 0.2) is 0 Å². The van der Waals surface area contributed by atoms with Gasteiger partial charge in [-0.05, 0) is 50.6 Å². The second-order valence-corrected chi connectivity index (χ2v) is 5.63. The summed E-state index contributed by atoms with van der Waals surface area (Å²) in [6, 6.07) is 5.99. The van der Waals surface area contributed by atoms with Crippen LogP contribution in [0, 0.1) is 13.8 Å². The molecule has 21 heavy (non-hydrogen) atoms. The topological polar surface area (TPSA) is 63.8 Å². The number of nitrogens with two attached hydrogens (primary N) is 1. The molecule has 0 aliphatic rings. The van der Waals surface area contributed by atoms with Crippen molar-refractivity contribution >= 4 is 17.4 Å². The highest BCUT2D eigenvalue weighted by Crippen LogP contribution is 2.28. The summed E-state index contributed by atoms with van der Waals surface area (Å²) in [6.45, 7) is 7.00. The standard InChI is InChI=1S/C16H21ClN4/c1-4-5-19-15(12-6-10(2)21-11(3)7-12)14-8-13(17)9-20-16(14)18/h6-9,15,19H,4-5H2,1-3H3,(H2,18,20). The minimum absolute atomic E-state index is 0.0310. The molecule has 0 amide bonds. The summed E-state index contributed by atoms with van der Waals surface area (Å²) in [4.78, 5) is 8.60. The van der Waals surface area contributed by atoms with Crippen molar-refractivity contribution in [2.75, 3.05) is 12.3 Å². The van der Waals surface area contributed by atoms with E-state index in [0.717, 1.165) is 35.5 Å². The predicted molar refractivity (Wildman–Crippen MR) is 87.5 cm³/mol. The third-order valence-corrected chi connectivity index (χ3v) is 3.47. The smallest absolute Gasteiger partial charge is 0.128 e. The molecular formula is C16H21ClN4. The van der Waals surface area contributed by atoms with Gasteiger partial charge in [-0.15, -0.1) is 0 Å². The van der Waals surface area contributed by atoms with Crippen LogP contribution < -0.4 is 11.1 Å². The summed E-state index contributed by atoms with van der Waals surface area (Å²) in [5.41, 5.74) is 10.1. The molecular weight excluding hydrogens is 284 g/mol. The maximum atomic E-state index is 6.09. The Bertz CT molecular complexity index is 607. The van der Waals surface area contributed by atoms with Crippen LogP contribution in [0.5, 0.6) is 0 Å². The Balaban J connectivity index is 2.49. The van der Waals surface area contributed by atoms with Crippen LogP contribution in [0.25, 0.3) is 0 Å². The number of nitrogens with zero attached hydrogens (tertiary/aromatic N) is 2. The lowest BCUT2D eigenvalue weighted by atomic mass is 9.98. The fourth-order valence-corrected chi connectivity index (χ4v) is 2.59. The summed E-state index contributed by atoms with van der Waals surface area (Å²) in [5.74, 6) is 0.500. The zero-order valence-electron chi connectivity index (χ0n) is 12.7. The molecule has 2 aromatic heterocycles.